The van der Waals surface area contributed by atoms with Crippen molar-refractivity contribution in [2.75, 3.05) is 19.0 Å². The minimum Gasteiger partial charge on any atom is -0.494 e. The first-order chi connectivity index (χ1) is 16.1. The topological polar surface area (TPSA) is 95.7 Å². The Balaban J connectivity index is 1.32. The number of hydrogen-bond donors (Lipinski definition) is 1. The number of benzene rings is 2. The predicted molar refractivity (Wildman–Crippen MR) is 124 cm³/mol. The normalized spacial score (nSPS) is 13.6. The number of nitrogens with zero attached hydrogens (tertiary/aromatic N) is 2. The fraction of sp³-hybridized carbons (Fsp3) is 0.400. The van der Waals surface area contributed by atoms with Crippen molar-refractivity contribution in [3.8, 4) is 28.6 Å². The molecule has 0 aliphatic heterocycles. The molecule has 1 saturated carbocycles. The molecule has 1 heterocycles. The summed E-state index contributed by atoms with van der Waals surface area (Å²) in [6, 6.07) is 12.9. The fourth-order valence-corrected chi connectivity index (χ4v) is 3.82. The number of ether oxygens (including phenoxy) is 3. The smallest absolute Gasteiger partial charge is 0.227 e. The van der Waals surface area contributed by atoms with Crippen molar-refractivity contribution >= 4 is 11.6 Å². The van der Waals surface area contributed by atoms with E-state index < -0.39 is 0 Å². The van der Waals surface area contributed by atoms with Gasteiger partial charge in [-0.25, -0.2) is 0 Å². The van der Waals surface area contributed by atoms with Crippen LogP contribution in [0.25, 0.3) is 11.4 Å². The average Bonchev–Trinajstić information content (AvgIpc) is 3.51. The molecule has 0 saturated heterocycles. The van der Waals surface area contributed by atoms with E-state index in [-0.39, 0.29) is 18.4 Å². The van der Waals surface area contributed by atoms with Gasteiger partial charge in [0.2, 0.25) is 17.6 Å². The third-order valence-electron chi connectivity index (χ3n) is 5.50. The molecule has 1 fully saturated rings. The SMILES string of the molecule is CCOc1ccc(-c2noc(CCC(=O)Nc3ccc(OC)c(OC4CCCC4)c3)n2)cc1. The molecule has 1 aromatic heterocycles. The first-order valence-electron chi connectivity index (χ1n) is 11.3. The van der Waals surface area contributed by atoms with Crippen molar-refractivity contribution in [2.24, 2.45) is 0 Å². The second-order valence-corrected chi connectivity index (χ2v) is 7.91. The molecule has 2 aromatic carbocycles. The molecule has 0 unspecified atom stereocenters. The number of carbonyl (C=O) groups is 1. The Morgan fingerprint density at radius 2 is 1.91 bits per heavy atom. The highest BCUT2D eigenvalue weighted by Crippen LogP contribution is 2.34. The van der Waals surface area contributed by atoms with Gasteiger partial charge in [0.1, 0.15) is 5.75 Å². The van der Waals surface area contributed by atoms with Gasteiger partial charge in [0, 0.05) is 30.2 Å². The fourth-order valence-electron chi connectivity index (χ4n) is 3.82. The van der Waals surface area contributed by atoms with Crippen LogP contribution in [0.5, 0.6) is 17.2 Å². The van der Waals surface area contributed by atoms with Crippen LogP contribution in [0, 0.1) is 0 Å². The Morgan fingerprint density at radius 3 is 2.64 bits per heavy atom. The minimum absolute atomic E-state index is 0.146. The Morgan fingerprint density at radius 1 is 1.12 bits per heavy atom. The molecule has 1 N–H and O–H groups in total. The molecule has 1 amide bonds. The zero-order valence-electron chi connectivity index (χ0n) is 19.0. The van der Waals surface area contributed by atoms with Crippen LogP contribution in [0.3, 0.4) is 0 Å². The van der Waals surface area contributed by atoms with Crippen LogP contribution >= 0.6 is 0 Å². The summed E-state index contributed by atoms with van der Waals surface area (Å²) in [7, 11) is 1.61. The Hall–Kier alpha value is -3.55. The van der Waals surface area contributed by atoms with Crippen LogP contribution in [-0.2, 0) is 11.2 Å². The Kier molecular flexibility index (Phi) is 7.44. The molecule has 0 radical (unpaired) electrons. The summed E-state index contributed by atoms with van der Waals surface area (Å²) >= 11 is 0. The van der Waals surface area contributed by atoms with Crippen LogP contribution in [-0.4, -0.2) is 35.9 Å². The van der Waals surface area contributed by atoms with Crippen molar-refractivity contribution in [1.82, 2.24) is 10.1 Å². The van der Waals surface area contributed by atoms with Gasteiger partial charge in [-0.3, -0.25) is 4.79 Å². The summed E-state index contributed by atoms with van der Waals surface area (Å²) in [6.07, 6.45) is 5.21. The van der Waals surface area contributed by atoms with E-state index >= 15 is 0 Å². The number of methoxy groups -OCH3 is 1. The summed E-state index contributed by atoms with van der Waals surface area (Å²) in [5, 5.41) is 6.92. The van der Waals surface area contributed by atoms with Gasteiger partial charge in [-0.15, -0.1) is 0 Å². The first kappa shape index (κ1) is 22.6. The number of carbonyl (C=O) groups excluding carboxylic acids is 1. The zero-order valence-corrected chi connectivity index (χ0v) is 19.0. The second-order valence-electron chi connectivity index (χ2n) is 7.91. The number of hydrogen-bond acceptors (Lipinski definition) is 7. The molecule has 0 bridgehead atoms. The number of anilines is 1. The molecule has 1 aliphatic carbocycles. The van der Waals surface area contributed by atoms with E-state index in [1.807, 2.05) is 37.3 Å². The van der Waals surface area contributed by atoms with Gasteiger partial charge in [0.05, 0.1) is 19.8 Å². The lowest BCUT2D eigenvalue weighted by Gasteiger charge is -2.17. The molecule has 8 nitrogen and oxygen atoms in total. The van der Waals surface area contributed by atoms with Crippen molar-refractivity contribution in [3.05, 3.63) is 48.4 Å². The number of rotatable bonds is 10. The average molecular weight is 452 g/mol. The molecule has 0 spiro atoms. The third-order valence-corrected chi connectivity index (χ3v) is 5.50. The van der Waals surface area contributed by atoms with E-state index in [4.69, 9.17) is 18.7 Å². The number of aryl methyl sites for hydroxylation is 1. The van der Waals surface area contributed by atoms with E-state index in [1.165, 1.54) is 12.8 Å². The lowest BCUT2D eigenvalue weighted by molar-refractivity contribution is -0.116. The van der Waals surface area contributed by atoms with Crippen molar-refractivity contribution in [2.45, 2.75) is 51.6 Å². The van der Waals surface area contributed by atoms with Crippen molar-refractivity contribution in [1.29, 1.82) is 0 Å². The van der Waals surface area contributed by atoms with Gasteiger partial charge in [-0.1, -0.05) is 5.16 Å². The van der Waals surface area contributed by atoms with E-state index in [1.54, 1.807) is 19.2 Å². The van der Waals surface area contributed by atoms with Gasteiger partial charge in [0.15, 0.2) is 11.5 Å². The van der Waals surface area contributed by atoms with Crippen LogP contribution in [0.1, 0.15) is 44.9 Å². The van der Waals surface area contributed by atoms with Gasteiger partial charge in [-0.2, -0.15) is 4.98 Å². The highest BCUT2D eigenvalue weighted by Gasteiger charge is 2.19. The molecule has 4 rings (SSSR count). The Bertz CT molecular complexity index is 1060. The molecular formula is C25H29N3O5. The molecule has 33 heavy (non-hydrogen) atoms. The highest BCUT2D eigenvalue weighted by molar-refractivity contribution is 5.91. The van der Waals surface area contributed by atoms with Crippen LogP contribution in [0.4, 0.5) is 5.69 Å². The maximum atomic E-state index is 12.5. The van der Waals surface area contributed by atoms with Crippen molar-refractivity contribution < 1.29 is 23.5 Å². The monoisotopic (exact) mass is 451 g/mol. The van der Waals surface area contributed by atoms with Crippen LogP contribution in [0.15, 0.2) is 47.0 Å². The third kappa shape index (κ3) is 6.03. The lowest BCUT2D eigenvalue weighted by atomic mass is 10.2. The molecule has 174 valence electrons. The largest absolute Gasteiger partial charge is 0.494 e. The van der Waals surface area contributed by atoms with E-state index in [0.717, 1.165) is 24.2 Å². The Labute approximate surface area is 193 Å². The summed E-state index contributed by atoms with van der Waals surface area (Å²) in [4.78, 5) is 16.9. The standard InChI is InChI=1S/C25H29N3O5/c1-3-31-19-11-8-17(9-12-19)25-27-24(33-28-25)15-14-23(29)26-18-10-13-21(30-2)22(16-18)32-20-6-4-5-7-20/h8-13,16,20H,3-7,14-15H2,1-2H3,(H,26,29). The summed E-state index contributed by atoms with van der Waals surface area (Å²) < 4.78 is 22.3. The predicted octanol–water partition coefficient (Wildman–Crippen LogP) is 5.04. The van der Waals surface area contributed by atoms with E-state index in [0.29, 0.717) is 41.9 Å². The molecule has 3 aromatic rings. The van der Waals surface area contributed by atoms with Crippen LogP contribution < -0.4 is 19.5 Å². The number of amides is 1. The van der Waals surface area contributed by atoms with Gasteiger partial charge >= 0.3 is 0 Å². The number of nitrogens with one attached hydrogen (secondary N) is 1. The molecule has 8 heteroatoms. The van der Waals surface area contributed by atoms with Gasteiger partial charge in [0.25, 0.3) is 0 Å². The molecule has 0 atom stereocenters. The zero-order chi connectivity index (χ0) is 23.0. The summed E-state index contributed by atoms with van der Waals surface area (Å²) in [5.74, 6) is 2.85. The molecular weight excluding hydrogens is 422 g/mol. The highest BCUT2D eigenvalue weighted by atomic mass is 16.5. The van der Waals surface area contributed by atoms with Crippen LogP contribution in [0.2, 0.25) is 0 Å². The second kappa shape index (κ2) is 10.8. The number of aromatic nitrogens is 2. The quantitative estimate of drug-likeness (QED) is 0.461. The first-order valence-corrected chi connectivity index (χ1v) is 11.3. The lowest BCUT2D eigenvalue weighted by Crippen LogP contribution is -2.14. The minimum atomic E-state index is -0.146. The van der Waals surface area contributed by atoms with Gasteiger partial charge in [-0.05, 0) is 69.0 Å². The molecule has 1 aliphatic rings. The summed E-state index contributed by atoms with van der Waals surface area (Å²) in [6.45, 7) is 2.55. The maximum Gasteiger partial charge on any atom is 0.227 e. The van der Waals surface area contributed by atoms with Gasteiger partial charge < -0.3 is 24.1 Å². The summed E-state index contributed by atoms with van der Waals surface area (Å²) in [5.41, 5.74) is 1.49. The van der Waals surface area contributed by atoms with E-state index in [2.05, 4.69) is 15.5 Å². The van der Waals surface area contributed by atoms with E-state index in [9.17, 15) is 4.79 Å². The van der Waals surface area contributed by atoms with Crippen molar-refractivity contribution in [3.63, 3.8) is 0 Å². The maximum absolute atomic E-state index is 12.5.